The summed E-state index contributed by atoms with van der Waals surface area (Å²) in [5.74, 6) is -0.375. The van der Waals surface area contributed by atoms with Crippen molar-refractivity contribution >= 4 is 21.4 Å². The van der Waals surface area contributed by atoms with E-state index >= 15 is 0 Å². The molecule has 0 radical (unpaired) electrons. The van der Waals surface area contributed by atoms with Crippen molar-refractivity contribution in [2.75, 3.05) is 13.3 Å². The molecule has 0 aliphatic heterocycles. The van der Waals surface area contributed by atoms with E-state index in [-0.39, 0.29) is 18.3 Å². The summed E-state index contributed by atoms with van der Waals surface area (Å²) >= 11 is 5.81. The molecule has 1 aromatic rings. The Labute approximate surface area is 112 Å². The molecule has 0 fully saturated rings. The molecule has 102 valence electrons. The Kier molecular flexibility index (Phi) is 5.13. The smallest absolute Gasteiger partial charge is 0.151 e. The van der Waals surface area contributed by atoms with Crippen molar-refractivity contribution in [2.24, 2.45) is 0 Å². The summed E-state index contributed by atoms with van der Waals surface area (Å²) in [6.45, 7) is 1.61. The van der Waals surface area contributed by atoms with Crippen molar-refractivity contribution in [3.8, 4) is 0 Å². The van der Waals surface area contributed by atoms with E-state index in [1.54, 1.807) is 14.0 Å². The standard InChI is InChI=1S/C12H17ClFNO2S/c1-8(18(3,16)17)12(15-2)7-9-6-10(13)4-5-11(9)14/h4-6,8,12,15H,7H2,1-3H3. The molecule has 6 heteroatoms. The highest BCUT2D eigenvalue weighted by atomic mass is 35.5. The van der Waals surface area contributed by atoms with Crippen LogP contribution < -0.4 is 5.32 Å². The van der Waals surface area contributed by atoms with E-state index in [4.69, 9.17) is 11.6 Å². The molecule has 0 saturated heterocycles. The van der Waals surface area contributed by atoms with Gasteiger partial charge in [0, 0.05) is 17.3 Å². The van der Waals surface area contributed by atoms with Crippen molar-refractivity contribution in [2.45, 2.75) is 24.6 Å². The zero-order valence-electron chi connectivity index (χ0n) is 10.6. The van der Waals surface area contributed by atoms with Crippen molar-refractivity contribution in [3.63, 3.8) is 0 Å². The Morgan fingerprint density at radius 3 is 2.56 bits per heavy atom. The number of hydrogen-bond donors (Lipinski definition) is 1. The van der Waals surface area contributed by atoms with Crippen molar-refractivity contribution < 1.29 is 12.8 Å². The minimum atomic E-state index is -3.18. The molecule has 0 bridgehead atoms. The summed E-state index contributed by atoms with van der Waals surface area (Å²) in [5.41, 5.74) is 0.414. The van der Waals surface area contributed by atoms with Gasteiger partial charge >= 0.3 is 0 Å². The van der Waals surface area contributed by atoms with Gasteiger partial charge in [-0.2, -0.15) is 0 Å². The average molecular weight is 294 g/mol. The Hall–Kier alpha value is -0.650. The maximum atomic E-state index is 13.6. The lowest BCUT2D eigenvalue weighted by atomic mass is 10.0. The van der Waals surface area contributed by atoms with E-state index in [1.165, 1.54) is 24.5 Å². The number of sulfone groups is 1. The van der Waals surface area contributed by atoms with Crippen LogP contribution in [0.5, 0.6) is 0 Å². The molecule has 18 heavy (non-hydrogen) atoms. The fraction of sp³-hybridized carbons (Fsp3) is 0.500. The van der Waals surface area contributed by atoms with E-state index in [9.17, 15) is 12.8 Å². The monoisotopic (exact) mass is 293 g/mol. The molecule has 3 nitrogen and oxygen atoms in total. The molecule has 0 aliphatic carbocycles. The molecule has 2 unspecified atom stereocenters. The molecule has 0 heterocycles. The molecule has 0 spiro atoms. The van der Waals surface area contributed by atoms with E-state index in [0.717, 1.165) is 0 Å². The lowest BCUT2D eigenvalue weighted by Gasteiger charge is -2.22. The van der Waals surface area contributed by atoms with Gasteiger partial charge in [0.15, 0.2) is 9.84 Å². The zero-order chi connectivity index (χ0) is 13.9. The molecule has 2 atom stereocenters. The molecule has 1 aromatic carbocycles. The lowest BCUT2D eigenvalue weighted by Crippen LogP contribution is -2.42. The second-order valence-corrected chi connectivity index (χ2v) is 7.21. The molecular weight excluding hydrogens is 277 g/mol. The first-order valence-electron chi connectivity index (χ1n) is 5.55. The van der Waals surface area contributed by atoms with Gasteiger partial charge in [0.25, 0.3) is 0 Å². The second-order valence-electron chi connectivity index (χ2n) is 4.37. The maximum absolute atomic E-state index is 13.6. The molecule has 0 amide bonds. The molecule has 0 saturated carbocycles. The van der Waals surface area contributed by atoms with Gasteiger partial charge in [-0.3, -0.25) is 0 Å². The van der Waals surface area contributed by atoms with Crippen LogP contribution in [0.15, 0.2) is 18.2 Å². The van der Waals surface area contributed by atoms with Crippen LogP contribution >= 0.6 is 11.6 Å². The van der Waals surface area contributed by atoms with Crippen LogP contribution in [0.4, 0.5) is 4.39 Å². The van der Waals surface area contributed by atoms with Crippen LogP contribution in [0.1, 0.15) is 12.5 Å². The summed E-state index contributed by atoms with van der Waals surface area (Å²) < 4.78 is 36.6. The number of likely N-dealkylation sites (N-methyl/N-ethyl adjacent to an activating group) is 1. The van der Waals surface area contributed by atoms with Crippen molar-refractivity contribution in [1.29, 1.82) is 0 Å². The van der Waals surface area contributed by atoms with Crippen molar-refractivity contribution in [1.82, 2.24) is 5.32 Å². The Morgan fingerprint density at radius 2 is 2.06 bits per heavy atom. The Bertz CT molecular complexity index is 519. The van der Waals surface area contributed by atoms with Crippen LogP contribution in [0.2, 0.25) is 5.02 Å². The highest BCUT2D eigenvalue weighted by Crippen LogP contribution is 2.18. The predicted octanol–water partition coefficient (Wildman–Crippen LogP) is 2.04. The largest absolute Gasteiger partial charge is 0.315 e. The van der Waals surface area contributed by atoms with Crippen LogP contribution in [0.25, 0.3) is 0 Å². The summed E-state index contributed by atoms with van der Waals surface area (Å²) in [4.78, 5) is 0. The van der Waals surface area contributed by atoms with E-state index in [2.05, 4.69) is 5.32 Å². The van der Waals surface area contributed by atoms with E-state index < -0.39 is 15.1 Å². The molecule has 1 N–H and O–H groups in total. The van der Waals surface area contributed by atoms with Crippen LogP contribution in [0.3, 0.4) is 0 Å². The van der Waals surface area contributed by atoms with Gasteiger partial charge in [-0.05, 0) is 44.2 Å². The van der Waals surface area contributed by atoms with Gasteiger partial charge in [0.05, 0.1) is 5.25 Å². The maximum Gasteiger partial charge on any atom is 0.151 e. The first kappa shape index (κ1) is 15.4. The van der Waals surface area contributed by atoms with Gasteiger partial charge in [-0.15, -0.1) is 0 Å². The first-order chi connectivity index (χ1) is 8.25. The topological polar surface area (TPSA) is 46.2 Å². The molecule has 0 aromatic heterocycles. The van der Waals surface area contributed by atoms with Crippen LogP contribution in [0, 0.1) is 5.82 Å². The second kappa shape index (κ2) is 5.99. The highest BCUT2D eigenvalue weighted by molar-refractivity contribution is 7.91. The SMILES string of the molecule is CNC(Cc1cc(Cl)ccc1F)C(C)S(C)(=O)=O. The van der Waals surface area contributed by atoms with E-state index in [0.29, 0.717) is 10.6 Å². The Morgan fingerprint density at radius 1 is 1.44 bits per heavy atom. The van der Waals surface area contributed by atoms with Gasteiger partial charge in [-0.25, -0.2) is 12.8 Å². The zero-order valence-corrected chi connectivity index (χ0v) is 12.1. The minimum absolute atomic E-state index is 0.275. The summed E-state index contributed by atoms with van der Waals surface area (Å²) in [6, 6.07) is 3.92. The number of benzene rings is 1. The molecule has 0 aliphatic rings. The number of rotatable bonds is 5. The fourth-order valence-corrected chi connectivity index (χ4v) is 2.76. The predicted molar refractivity (Wildman–Crippen MR) is 72.3 cm³/mol. The first-order valence-corrected chi connectivity index (χ1v) is 7.89. The lowest BCUT2D eigenvalue weighted by molar-refractivity contribution is 0.504. The van der Waals surface area contributed by atoms with Gasteiger partial charge in [0.1, 0.15) is 5.82 Å². The van der Waals surface area contributed by atoms with Crippen LogP contribution in [-0.2, 0) is 16.3 Å². The molecule has 1 rings (SSSR count). The summed E-state index contributed by atoms with van der Waals surface area (Å²) in [5, 5.41) is 2.76. The van der Waals surface area contributed by atoms with E-state index in [1.807, 2.05) is 0 Å². The highest BCUT2D eigenvalue weighted by Gasteiger charge is 2.25. The average Bonchev–Trinajstić information content (AvgIpc) is 2.28. The summed E-state index contributed by atoms with van der Waals surface area (Å²) in [7, 11) is -1.51. The third kappa shape index (κ3) is 3.93. The fourth-order valence-electron chi connectivity index (χ4n) is 1.74. The van der Waals surface area contributed by atoms with Crippen molar-refractivity contribution in [3.05, 3.63) is 34.6 Å². The van der Waals surface area contributed by atoms with Gasteiger partial charge < -0.3 is 5.32 Å². The van der Waals surface area contributed by atoms with Gasteiger partial charge in [-0.1, -0.05) is 11.6 Å². The number of halogens is 2. The number of hydrogen-bond acceptors (Lipinski definition) is 3. The summed E-state index contributed by atoms with van der Waals surface area (Å²) in [6.07, 6.45) is 1.45. The third-order valence-corrected chi connectivity index (χ3v) is 4.97. The molecular formula is C12H17ClFNO2S. The Balaban J connectivity index is 2.96. The quantitative estimate of drug-likeness (QED) is 0.904. The van der Waals surface area contributed by atoms with Gasteiger partial charge in [0.2, 0.25) is 0 Å². The normalized spacial score (nSPS) is 15.4. The minimum Gasteiger partial charge on any atom is -0.315 e. The number of nitrogens with one attached hydrogen (secondary N) is 1. The van der Waals surface area contributed by atoms with Crippen LogP contribution in [-0.4, -0.2) is 33.0 Å². The third-order valence-electron chi connectivity index (χ3n) is 3.06.